The van der Waals surface area contributed by atoms with E-state index < -0.39 is 10.0 Å². The molecule has 0 bridgehead atoms. The number of carbonyl (C=O) groups is 1. The molecule has 0 saturated heterocycles. The molecule has 2 N–H and O–H groups in total. The van der Waals surface area contributed by atoms with Gasteiger partial charge in [-0.2, -0.15) is 0 Å². The largest absolute Gasteiger partial charge is 0.326 e. The number of amides is 1. The van der Waals surface area contributed by atoms with Gasteiger partial charge in [0.05, 0.1) is 11.4 Å². The van der Waals surface area contributed by atoms with E-state index in [9.17, 15) is 13.2 Å². The molecule has 3 rings (SSSR count). The van der Waals surface area contributed by atoms with Crippen molar-refractivity contribution in [1.29, 1.82) is 0 Å². The molecule has 2 aromatic carbocycles. The highest BCUT2D eigenvalue weighted by atomic mass is 32.2. The van der Waals surface area contributed by atoms with E-state index in [4.69, 9.17) is 0 Å². The Kier molecular flexibility index (Phi) is 5.08. The first-order chi connectivity index (χ1) is 12.4. The second kappa shape index (κ2) is 7.29. The van der Waals surface area contributed by atoms with Crippen LogP contribution in [0.2, 0.25) is 0 Å². The van der Waals surface area contributed by atoms with Crippen molar-refractivity contribution in [2.24, 2.45) is 4.99 Å². The molecule has 0 spiro atoms. The number of anilines is 1. The van der Waals surface area contributed by atoms with Gasteiger partial charge in [0.25, 0.3) is 10.0 Å². The molecule has 0 radical (unpaired) electrons. The summed E-state index contributed by atoms with van der Waals surface area (Å²) >= 11 is 0. The van der Waals surface area contributed by atoms with E-state index in [1.54, 1.807) is 18.2 Å². The van der Waals surface area contributed by atoms with E-state index in [-0.39, 0.29) is 29.6 Å². The van der Waals surface area contributed by atoms with Crippen LogP contribution in [-0.2, 0) is 14.8 Å². The quantitative estimate of drug-likeness (QED) is 0.847. The van der Waals surface area contributed by atoms with Crippen LogP contribution in [0.3, 0.4) is 0 Å². The fraction of sp³-hybridized carbons (Fsp3) is 0.263. The Labute approximate surface area is 153 Å². The predicted octanol–water partition coefficient (Wildman–Crippen LogP) is 2.88. The number of fused-ring (bicyclic) bond motifs is 1. The van der Waals surface area contributed by atoms with Gasteiger partial charge in [-0.3, -0.25) is 14.5 Å². The number of nitrogens with zero attached hydrogens (tertiary/aromatic N) is 1. The van der Waals surface area contributed by atoms with Crippen molar-refractivity contribution < 1.29 is 13.2 Å². The molecule has 0 atom stereocenters. The summed E-state index contributed by atoms with van der Waals surface area (Å²) in [6.45, 7) is 4.39. The van der Waals surface area contributed by atoms with Gasteiger partial charge < -0.3 is 5.32 Å². The Hall–Kier alpha value is -2.67. The second-order valence-electron chi connectivity index (χ2n) is 6.41. The molecule has 7 heteroatoms. The summed E-state index contributed by atoms with van der Waals surface area (Å²) in [6, 6.07) is 14.4. The third-order valence-corrected chi connectivity index (χ3v) is 5.51. The number of nitrogens with one attached hydrogen (secondary N) is 2. The second-order valence-corrected chi connectivity index (χ2v) is 8.06. The van der Waals surface area contributed by atoms with Crippen molar-refractivity contribution >= 4 is 27.5 Å². The Morgan fingerprint density at radius 1 is 1.15 bits per heavy atom. The lowest BCUT2D eigenvalue weighted by molar-refractivity contribution is -0.116. The third-order valence-electron chi connectivity index (χ3n) is 4.11. The maximum Gasteiger partial charge on any atom is 0.263 e. The van der Waals surface area contributed by atoms with Crippen LogP contribution in [0.15, 0.2) is 58.4 Å². The number of amidine groups is 1. The summed E-state index contributed by atoms with van der Waals surface area (Å²) in [5.41, 5.74) is 2.44. The molecule has 26 heavy (non-hydrogen) atoms. The minimum absolute atomic E-state index is 0.163. The fourth-order valence-corrected chi connectivity index (χ4v) is 3.97. The summed E-state index contributed by atoms with van der Waals surface area (Å²) < 4.78 is 26.5. The molecule has 0 aromatic heterocycles. The Morgan fingerprint density at radius 2 is 1.92 bits per heavy atom. The van der Waals surface area contributed by atoms with Crippen LogP contribution in [0.25, 0.3) is 0 Å². The number of hydrogen-bond donors (Lipinski definition) is 2. The average Bonchev–Trinajstić information content (AvgIpc) is 2.86. The average molecular weight is 371 g/mol. The number of sulfonamides is 1. The summed E-state index contributed by atoms with van der Waals surface area (Å²) in [5, 5.41) is 2.85. The van der Waals surface area contributed by atoms with Crippen LogP contribution in [0, 0.1) is 0 Å². The van der Waals surface area contributed by atoms with Crippen LogP contribution in [-0.4, -0.2) is 26.7 Å². The van der Waals surface area contributed by atoms with Crippen molar-refractivity contribution in [3.05, 3.63) is 59.7 Å². The zero-order valence-electron chi connectivity index (χ0n) is 14.7. The van der Waals surface area contributed by atoms with Crippen molar-refractivity contribution in [3.8, 4) is 0 Å². The van der Waals surface area contributed by atoms with Gasteiger partial charge in [0, 0.05) is 17.7 Å². The van der Waals surface area contributed by atoms with Crippen LogP contribution < -0.4 is 10.0 Å². The van der Waals surface area contributed by atoms with Crippen LogP contribution in [0.5, 0.6) is 0 Å². The molecule has 1 amide bonds. The van der Waals surface area contributed by atoms with Gasteiger partial charge in [0.2, 0.25) is 5.91 Å². The van der Waals surface area contributed by atoms with E-state index in [2.05, 4.69) is 28.9 Å². The molecule has 6 nitrogen and oxygen atoms in total. The van der Waals surface area contributed by atoms with Gasteiger partial charge in [-0.05, 0) is 35.7 Å². The molecular weight excluding hydrogens is 350 g/mol. The van der Waals surface area contributed by atoms with Crippen LogP contribution in [0.1, 0.15) is 37.3 Å². The molecular formula is C19H21N3O3S. The maximum absolute atomic E-state index is 12.1. The lowest BCUT2D eigenvalue weighted by Crippen LogP contribution is -2.23. The summed E-state index contributed by atoms with van der Waals surface area (Å²) in [7, 11) is -3.55. The highest BCUT2D eigenvalue weighted by Gasteiger charge is 2.29. The molecule has 1 heterocycles. The van der Waals surface area contributed by atoms with E-state index in [1.165, 1.54) is 6.07 Å². The Morgan fingerprint density at radius 3 is 2.69 bits per heavy atom. The number of benzene rings is 2. The van der Waals surface area contributed by atoms with Gasteiger partial charge in [0.1, 0.15) is 5.84 Å². The summed E-state index contributed by atoms with van der Waals surface area (Å²) in [6.07, 6.45) is 0.166. The summed E-state index contributed by atoms with van der Waals surface area (Å²) in [4.78, 5) is 16.6. The zero-order chi connectivity index (χ0) is 18.7. The molecule has 136 valence electrons. The van der Waals surface area contributed by atoms with Gasteiger partial charge in [-0.1, -0.05) is 38.1 Å². The fourth-order valence-electron chi connectivity index (χ4n) is 2.72. The highest BCUT2D eigenvalue weighted by molar-refractivity contribution is 7.90. The third kappa shape index (κ3) is 3.94. The lowest BCUT2D eigenvalue weighted by atomic mass is 10.0. The Bertz CT molecular complexity index is 965. The van der Waals surface area contributed by atoms with Gasteiger partial charge in [-0.25, -0.2) is 8.42 Å². The standard InChI is InChI=1S/C19H21N3O3S/c1-13(2)14-6-5-7-15(12-14)21-18(23)10-11-20-19-16-8-3-4-9-17(16)26(24,25)22-19/h3-9,12-13H,10-11H2,1-2H3,(H,20,22)(H,21,23). The topological polar surface area (TPSA) is 87.6 Å². The van der Waals surface area contributed by atoms with E-state index >= 15 is 0 Å². The smallest absolute Gasteiger partial charge is 0.263 e. The number of aliphatic imine (C=N–C) groups is 1. The molecule has 1 aliphatic heterocycles. The lowest BCUT2D eigenvalue weighted by Gasteiger charge is -2.09. The van der Waals surface area contributed by atoms with E-state index in [0.29, 0.717) is 11.5 Å². The van der Waals surface area contributed by atoms with Crippen molar-refractivity contribution in [3.63, 3.8) is 0 Å². The van der Waals surface area contributed by atoms with Crippen LogP contribution in [0.4, 0.5) is 5.69 Å². The van der Waals surface area contributed by atoms with Gasteiger partial charge >= 0.3 is 0 Å². The molecule has 0 fully saturated rings. The van der Waals surface area contributed by atoms with E-state index in [0.717, 1.165) is 11.3 Å². The normalized spacial score (nSPS) is 16.3. The first-order valence-corrected chi connectivity index (χ1v) is 9.91. The SMILES string of the molecule is CC(C)c1cccc(NC(=O)CCN=C2NS(=O)(=O)c3ccccc32)c1. The van der Waals surface area contributed by atoms with E-state index in [1.807, 2.05) is 24.3 Å². The van der Waals surface area contributed by atoms with Crippen LogP contribution >= 0.6 is 0 Å². The predicted molar refractivity (Wildman–Crippen MR) is 102 cm³/mol. The highest BCUT2D eigenvalue weighted by Crippen LogP contribution is 2.22. The first kappa shape index (κ1) is 18.1. The molecule has 0 aliphatic carbocycles. The maximum atomic E-state index is 12.1. The van der Waals surface area contributed by atoms with Gasteiger partial charge in [0.15, 0.2) is 0 Å². The first-order valence-electron chi connectivity index (χ1n) is 8.43. The molecule has 1 aliphatic rings. The van der Waals surface area contributed by atoms with Gasteiger partial charge in [-0.15, -0.1) is 0 Å². The van der Waals surface area contributed by atoms with Crippen molar-refractivity contribution in [2.45, 2.75) is 31.1 Å². The molecule has 0 unspecified atom stereocenters. The van der Waals surface area contributed by atoms with Crippen molar-refractivity contribution in [2.75, 3.05) is 11.9 Å². The molecule has 2 aromatic rings. The number of carbonyl (C=O) groups excluding carboxylic acids is 1. The zero-order valence-corrected chi connectivity index (χ0v) is 15.5. The van der Waals surface area contributed by atoms with Crippen molar-refractivity contribution in [1.82, 2.24) is 4.72 Å². The Balaban J connectivity index is 1.63. The minimum atomic E-state index is -3.55. The number of hydrogen-bond acceptors (Lipinski definition) is 4. The minimum Gasteiger partial charge on any atom is -0.326 e. The monoisotopic (exact) mass is 371 g/mol. The number of rotatable bonds is 5. The molecule has 0 saturated carbocycles. The summed E-state index contributed by atoms with van der Waals surface area (Å²) in [5.74, 6) is 0.508.